The van der Waals surface area contributed by atoms with Gasteiger partial charge in [-0.25, -0.2) is 13.6 Å². The molecule has 0 saturated carbocycles. The molecule has 0 aliphatic rings. The van der Waals surface area contributed by atoms with Gasteiger partial charge in [-0.15, -0.1) is 0 Å². The van der Waals surface area contributed by atoms with Crippen LogP contribution in [0.2, 0.25) is 0 Å². The predicted molar refractivity (Wildman–Crippen MR) is 63.8 cm³/mol. The van der Waals surface area contributed by atoms with Gasteiger partial charge >= 0.3 is 6.09 Å². The molecule has 0 spiro atoms. The standard InChI is InChI=1S/C11H13F2N3O3/c1-15-9-7(12)4-6(5-8(9)13)10(17)16-2-3-19-11(14)18/h4-5,15H,2-3H2,1H3,(H2,14,18)(H,16,17). The number of nitrogens with one attached hydrogen (secondary N) is 2. The largest absolute Gasteiger partial charge is 0.448 e. The fourth-order valence-electron chi connectivity index (χ4n) is 1.36. The first kappa shape index (κ1) is 14.7. The van der Waals surface area contributed by atoms with E-state index in [0.29, 0.717) is 0 Å². The lowest BCUT2D eigenvalue weighted by Gasteiger charge is -2.08. The van der Waals surface area contributed by atoms with Crippen LogP contribution in [0.25, 0.3) is 0 Å². The van der Waals surface area contributed by atoms with Crippen molar-refractivity contribution in [2.24, 2.45) is 5.73 Å². The van der Waals surface area contributed by atoms with Crippen LogP contribution in [0.3, 0.4) is 0 Å². The van der Waals surface area contributed by atoms with E-state index in [4.69, 9.17) is 5.73 Å². The topological polar surface area (TPSA) is 93.4 Å². The monoisotopic (exact) mass is 273 g/mol. The second kappa shape index (κ2) is 6.53. The molecule has 0 aliphatic heterocycles. The van der Waals surface area contributed by atoms with Gasteiger partial charge in [-0.05, 0) is 12.1 Å². The van der Waals surface area contributed by atoms with Gasteiger partial charge in [-0.3, -0.25) is 4.79 Å². The van der Waals surface area contributed by atoms with Crippen LogP contribution in [0.15, 0.2) is 12.1 Å². The summed E-state index contributed by atoms with van der Waals surface area (Å²) in [6, 6.07) is 1.80. The molecule has 4 N–H and O–H groups in total. The summed E-state index contributed by atoms with van der Waals surface area (Å²) in [5.41, 5.74) is 4.23. The molecule has 1 aromatic rings. The first-order chi connectivity index (χ1) is 8.95. The lowest BCUT2D eigenvalue weighted by atomic mass is 10.1. The number of carbonyl (C=O) groups is 2. The van der Waals surface area contributed by atoms with Crippen LogP contribution in [0.1, 0.15) is 10.4 Å². The third-order valence-electron chi connectivity index (χ3n) is 2.19. The van der Waals surface area contributed by atoms with Crippen molar-refractivity contribution < 1.29 is 23.1 Å². The Balaban J connectivity index is 2.65. The van der Waals surface area contributed by atoms with Crippen molar-refractivity contribution in [2.75, 3.05) is 25.5 Å². The molecule has 0 aromatic heterocycles. The second-order valence-corrected chi connectivity index (χ2v) is 3.49. The van der Waals surface area contributed by atoms with Crippen LogP contribution in [0.5, 0.6) is 0 Å². The molecule has 0 unspecified atom stereocenters. The van der Waals surface area contributed by atoms with E-state index in [2.05, 4.69) is 15.4 Å². The third-order valence-corrected chi connectivity index (χ3v) is 2.19. The van der Waals surface area contributed by atoms with Crippen molar-refractivity contribution >= 4 is 17.7 Å². The van der Waals surface area contributed by atoms with Gasteiger partial charge in [0.05, 0.1) is 6.54 Å². The molecule has 0 aliphatic carbocycles. The van der Waals surface area contributed by atoms with Gasteiger partial charge in [0, 0.05) is 12.6 Å². The van der Waals surface area contributed by atoms with Gasteiger partial charge in [-0.2, -0.15) is 0 Å². The Hall–Kier alpha value is -2.38. The Morgan fingerprint density at radius 2 is 1.89 bits per heavy atom. The van der Waals surface area contributed by atoms with Crippen molar-refractivity contribution in [1.82, 2.24) is 5.32 Å². The molecule has 0 saturated heterocycles. The summed E-state index contributed by atoms with van der Waals surface area (Å²) in [5.74, 6) is -2.43. The van der Waals surface area contributed by atoms with Crippen LogP contribution in [-0.4, -0.2) is 32.2 Å². The fourth-order valence-corrected chi connectivity index (χ4v) is 1.36. The summed E-state index contributed by atoms with van der Waals surface area (Å²) in [7, 11) is 1.36. The molecule has 1 aromatic carbocycles. The van der Waals surface area contributed by atoms with E-state index in [1.54, 1.807) is 0 Å². The number of hydrogen-bond donors (Lipinski definition) is 3. The van der Waals surface area contributed by atoms with E-state index in [1.165, 1.54) is 7.05 Å². The predicted octanol–water partition coefficient (Wildman–Crippen LogP) is 0.832. The highest BCUT2D eigenvalue weighted by atomic mass is 19.1. The SMILES string of the molecule is CNc1c(F)cc(C(=O)NCCOC(N)=O)cc1F. The maximum Gasteiger partial charge on any atom is 0.404 e. The fraction of sp³-hybridized carbons (Fsp3) is 0.273. The smallest absolute Gasteiger partial charge is 0.404 e. The molecule has 6 nitrogen and oxygen atoms in total. The zero-order valence-electron chi connectivity index (χ0n) is 10.1. The van der Waals surface area contributed by atoms with E-state index in [-0.39, 0.29) is 24.4 Å². The van der Waals surface area contributed by atoms with Gasteiger partial charge < -0.3 is 21.1 Å². The van der Waals surface area contributed by atoms with Gasteiger partial charge in [0.15, 0.2) is 0 Å². The van der Waals surface area contributed by atoms with Crippen LogP contribution in [0, 0.1) is 11.6 Å². The first-order valence-corrected chi connectivity index (χ1v) is 5.33. The number of rotatable bonds is 5. The minimum absolute atomic E-state index is 0.0151. The van der Waals surface area contributed by atoms with Crippen molar-refractivity contribution in [3.63, 3.8) is 0 Å². The molecule has 0 fully saturated rings. The molecule has 104 valence electrons. The molecular weight excluding hydrogens is 260 g/mol. The molecule has 0 bridgehead atoms. The summed E-state index contributed by atoms with van der Waals surface area (Å²) >= 11 is 0. The Labute approximate surface area is 107 Å². The Morgan fingerprint density at radius 1 is 1.32 bits per heavy atom. The van der Waals surface area contributed by atoms with Crippen LogP contribution >= 0.6 is 0 Å². The maximum atomic E-state index is 13.4. The Morgan fingerprint density at radius 3 is 2.37 bits per heavy atom. The molecule has 19 heavy (non-hydrogen) atoms. The molecule has 1 rings (SSSR count). The van der Waals surface area contributed by atoms with Gasteiger partial charge in [0.25, 0.3) is 5.91 Å². The van der Waals surface area contributed by atoms with Gasteiger partial charge in [0.2, 0.25) is 0 Å². The van der Waals surface area contributed by atoms with Crippen molar-refractivity contribution in [3.8, 4) is 0 Å². The number of anilines is 1. The average Bonchev–Trinajstić information content (AvgIpc) is 2.33. The van der Waals surface area contributed by atoms with Crippen LogP contribution in [0.4, 0.5) is 19.3 Å². The number of benzene rings is 1. The van der Waals surface area contributed by atoms with Crippen LogP contribution in [-0.2, 0) is 4.74 Å². The highest BCUT2D eigenvalue weighted by molar-refractivity contribution is 5.94. The van der Waals surface area contributed by atoms with E-state index < -0.39 is 23.6 Å². The number of hydrogen-bond acceptors (Lipinski definition) is 4. The Bertz CT molecular complexity index is 471. The van der Waals surface area contributed by atoms with E-state index in [1.807, 2.05) is 0 Å². The lowest BCUT2D eigenvalue weighted by Crippen LogP contribution is -2.29. The quantitative estimate of drug-likeness (QED) is 0.693. The minimum atomic E-state index is -0.968. The molecule has 2 amide bonds. The van der Waals surface area contributed by atoms with Gasteiger partial charge in [0.1, 0.15) is 23.9 Å². The summed E-state index contributed by atoms with van der Waals surface area (Å²) in [6.45, 7) is -0.139. The third kappa shape index (κ3) is 4.09. The second-order valence-electron chi connectivity index (χ2n) is 3.49. The number of primary amides is 1. The normalized spacial score (nSPS) is 9.84. The molecular formula is C11H13F2N3O3. The summed E-state index contributed by atoms with van der Waals surface area (Å²) in [5, 5.41) is 4.66. The number of carbonyl (C=O) groups excluding carboxylic acids is 2. The van der Waals surface area contributed by atoms with Crippen molar-refractivity contribution in [3.05, 3.63) is 29.3 Å². The van der Waals surface area contributed by atoms with Crippen molar-refractivity contribution in [1.29, 1.82) is 0 Å². The van der Waals surface area contributed by atoms with E-state index >= 15 is 0 Å². The molecule has 0 radical (unpaired) electrons. The lowest BCUT2D eigenvalue weighted by molar-refractivity contribution is 0.0936. The Kier molecular flexibility index (Phi) is 5.04. The molecule has 8 heteroatoms. The summed E-state index contributed by atoms with van der Waals surface area (Å²) in [4.78, 5) is 21.8. The van der Waals surface area contributed by atoms with E-state index in [9.17, 15) is 18.4 Å². The maximum absolute atomic E-state index is 13.4. The number of nitrogens with two attached hydrogens (primary N) is 1. The number of ether oxygens (including phenoxy) is 1. The zero-order chi connectivity index (χ0) is 14.4. The van der Waals surface area contributed by atoms with Crippen molar-refractivity contribution in [2.45, 2.75) is 0 Å². The number of amides is 2. The number of halogens is 2. The average molecular weight is 273 g/mol. The summed E-state index contributed by atoms with van der Waals surface area (Å²) < 4.78 is 31.2. The summed E-state index contributed by atoms with van der Waals surface area (Å²) in [6.07, 6.45) is -0.968. The van der Waals surface area contributed by atoms with E-state index in [0.717, 1.165) is 12.1 Å². The van der Waals surface area contributed by atoms with Gasteiger partial charge in [-0.1, -0.05) is 0 Å². The zero-order valence-corrected chi connectivity index (χ0v) is 10.1. The first-order valence-electron chi connectivity index (χ1n) is 5.33. The minimum Gasteiger partial charge on any atom is -0.448 e. The molecule has 0 heterocycles. The van der Waals surface area contributed by atoms with Crippen LogP contribution < -0.4 is 16.4 Å². The highest BCUT2D eigenvalue weighted by Gasteiger charge is 2.14. The highest BCUT2D eigenvalue weighted by Crippen LogP contribution is 2.19. The molecule has 0 atom stereocenters.